The summed E-state index contributed by atoms with van der Waals surface area (Å²) in [5, 5.41) is 12.6. The van der Waals surface area contributed by atoms with Crippen LogP contribution in [0.2, 0.25) is 0 Å². The lowest BCUT2D eigenvalue weighted by Gasteiger charge is -2.31. The van der Waals surface area contributed by atoms with Gasteiger partial charge in [-0.15, -0.1) is 0 Å². The fraction of sp³-hybridized carbons (Fsp3) is 0.923. The molecule has 5 atom stereocenters. The van der Waals surface area contributed by atoms with Gasteiger partial charge in [0.15, 0.2) is 0 Å². The third-order valence-corrected chi connectivity index (χ3v) is 4.47. The fourth-order valence-corrected chi connectivity index (χ4v) is 3.53. The van der Waals surface area contributed by atoms with Gasteiger partial charge in [-0.25, -0.2) is 0 Å². The van der Waals surface area contributed by atoms with Gasteiger partial charge in [0.1, 0.15) is 0 Å². The number of ether oxygens (including phenoxy) is 1. The number of hydrogen-bond donors (Lipinski definition) is 2. The van der Waals surface area contributed by atoms with E-state index in [-0.39, 0.29) is 30.4 Å². The molecular weight excluding hydrogens is 218 g/mol. The van der Waals surface area contributed by atoms with E-state index in [1.807, 2.05) is 6.92 Å². The zero-order valence-corrected chi connectivity index (χ0v) is 10.7. The minimum absolute atomic E-state index is 0.0582. The molecule has 4 heteroatoms. The highest BCUT2D eigenvalue weighted by Gasteiger charge is 2.47. The lowest BCUT2D eigenvalue weighted by atomic mass is 9.85. The maximum absolute atomic E-state index is 12.0. The molecule has 2 aliphatic carbocycles. The van der Waals surface area contributed by atoms with Crippen molar-refractivity contribution in [3.8, 4) is 0 Å². The van der Waals surface area contributed by atoms with Gasteiger partial charge in [0.25, 0.3) is 0 Å². The molecule has 2 aliphatic rings. The molecule has 98 valence electrons. The van der Waals surface area contributed by atoms with Crippen LogP contribution in [0.4, 0.5) is 0 Å². The Hall–Kier alpha value is -0.610. The van der Waals surface area contributed by atoms with Crippen LogP contribution in [-0.4, -0.2) is 37.4 Å². The van der Waals surface area contributed by atoms with E-state index in [9.17, 15) is 9.90 Å². The van der Waals surface area contributed by atoms with E-state index in [0.29, 0.717) is 18.4 Å². The summed E-state index contributed by atoms with van der Waals surface area (Å²) >= 11 is 0. The molecule has 2 bridgehead atoms. The van der Waals surface area contributed by atoms with E-state index in [4.69, 9.17) is 4.74 Å². The average molecular weight is 241 g/mol. The highest BCUT2D eigenvalue weighted by Crippen LogP contribution is 2.48. The van der Waals surface area contributed by atoms with Crippen LogP contribution >= 0.6 is 0 Å². The molecule has 0 spiro atoms. The minimum atomic E-state index is -0.113. The summed E-state index contributed by atoms with van der Waals surface area (Å²) in [6, 6.07) is 0.186. The number of hydrogen-bond acceptors (Lipinski definition) is 3. The Bertz CT molecular complexity index is 282. The number of methoxy groups -OCH3 is 1. The van der Waals surface area contributed by atoms with Crippen LogP contribution in [0.5, 0.6) is 0 Å². The van der Waals surface area contributed by atoms with Crippen molar-refractivity contribution in [3.05, 3.63) is 0 Å². The summed E-state index contributed by atoms with van der Waals surface area (Å²) in [7, 11) is 1.61. The van der Waals surface area contributed by atoms with Crippen LogP contribution < -0.4 is 5.32 Å². The lowest BCUT2D eigenvalue weighted by molar-refractivity contribution is -0.127. The number of rotatable bonds is 5. The second-order valence-corrected chi connectivity index (χ2v) is 5.57. The zero-order valence-electron chi connectivity index (χ0n) is 10.7. The predicted molar refractivity (Wildman–Crippen MR) is 64.4 cm³/mol. The molecule has 0 aromatic carbocycles. The smallest absolute Gasteiger partial charge is 0.225 e. The largest absolute Gasteiger partial charge is 0.396 e. The molecule has 0 aliphatic heterocycles. The fourth-order valence-electron chi connectivity index (χ4n) is 3.53. The van der Waals surface area contributed by atoms with Crippen LogP contribution in [0.1, 0.15) is 26.2 Å². The van der Waals surface area contributed by atoms with Crippen LogP contribution in [0.15, 0.2) is 0 Å². The first-order valence-corrected chi connectivity index (χ1v) is 6.57. The van der Waals surface area contributed by atoms with Crippen LogP contribution in [0.3, 0.4) is 0 Å². The average Bonchev–Trinajstić information content (AvgIpc) is 2.89. The maximum Gasteiger partial charge on any atom is 0.225 e. The van der Waals surface area contributed by atoms with E-state index in [0.717, 1.165) is 0 Å². The van der Waals surface area contributed by atoms with Gasteiger partial charge in [-0.05, 0) is 31.1 Å². The summed E-state index contributed by atoms with van der Waals surface area (Å²) in [6.07, 6.45) is 3.59. The predicted octanol–water partition coefficient (Wildman–Crippen LogP) is 0.792. The summed E-state index contributed by atoms with van der Waals surface area (Å²) in [6.45, 7) is 2.53. The van der Waals surface area contributed by atoms with E-state index >= 15 is 0 Å². The molecule has 0 aromatic rings. The van der Waals surface area contributed by atoms with Crippen molar-refractivity contribution in [3.63, 3.8) is 0 Å². The van der Waals surface area contributed by atoms with Crippen LogP contribution in [0, 0.1) is 23.7 Å². The van der Waals surface area contributed by atoms with E-state index in [1.54, 1.807) is 7.11 Å². The van der Waals surface area contributed by atoms with Crippen molar-refractivity contribution in [1.29, 1.82) is 0 Å². The van der Waals surface area contributed by atoms with Gasteiger partial charge in [0, 0.05) is 25.7 Å². The normalized spacial score (nSPS) is 37.1. The number of aliphatic hydroxyl groups excluding tert-OH is 1. The molecule has 0 heterocycles. The molecule has 0 aromatic heterocycles. The van der Waals surface area contributed by atoms with E-state index in [1.165, 1.54) is 19.3 Å². The first kappa shape index (κ1) is 12.8. The zero-order chi connectivity index (χ0) is 12.4. The number of carbonyl (C=O) groups excluding carboxylic acids is 1. The van der Waals surface area contributed by atoms with Crippen molar-refractivity contribution >= 4 is 5.91 Å². The molecule has 17 heavy (non-hydrogen) atoms. The Morgan fingerprint density at radius 3 is 2.82 bits per heavy atom. The molecular formula is C13H23NO3. The molecule has 0 radical (unpaired) electrons. The Kier molecular flexibility index (Phi) is 4.05. The molecule has 2 N–H and O–H groups in total. The van der Waals surface area contributed by atoms with Gasteiger partial charge >= 0.3 is 0 Å². The van der Waals surface area contributed by atoms with Gasteiger partial charge in [-0.3, -0.25) is 4.79 Å². The Morgan fingerprint density at radius 1 is 1.47 bits per heavy atom. The van der Waals surface area contributed by atoms with Crippen molar-refractivity contribution in [2.45, 2.75) is 32.2 Å². The quantitative estimate of drug-likeness (QED) is 0.748. The number of aliphatic hydroxyl groups is 1. The van der Waals surface area contributed by atoms with Gasteiger partial charge in [-0.2, -0.15) is 0 Å². The molecule has 4 nitrogen and oxygen atoms in total. The Balaban J connectivity index is 1.92. The molecule has 0 saturated heterocycles. The van der Waals surface area contributed by atoms with Crippen molar-refractivity contribution in [2.24, 2.45) is 23.7 Å². The van der Waals surface area contributed by atoms with Gasteiger partial charge in [-0.1, -0.05) is 6.92 Å². The topological polar surface area (TPSA) is 58.6 Å². The highest BCUT2D eigenvalue weighted by molar-refractivity contribution is 5.78. The second-order valence-electron chi connectivity index (χ2n) is 5.57. The van der Waals surface area contributed by atoms with Gasteiger partial charge in [0.2, 0.25) is 5.91 Å². The number of fused-ring (bicyclic) bond motifs is 2. The molecule has 1 amide bonds. The molecule has 2 saturated carbocycles. The lowest BCUT2D eigenvalue weighted by Crippen LogP contribution is -2.47. The Labute approximate surface area is 103 Å². The third-order valence-electron chi connectivity index (χ3n) is 4.47. The summed E-state index contributed by atoms with van der Waals surface area (Å²) in [5.74, 6) is 1.41. The third kappa shape index (κ3) is 2.47. The van der Waals surface area contributed by atoms with Crippen molar-refractivity contribution in [1.82, 2.24) is 5.32 Å². The highest BCUT2D eigenvalue weighted by atomic mass is 16.5. The SMILES string of the molecule is COCC(C)C(=O)NC1C2CCC(C2)C1CO. The van der Waals surface area contributed by atoms with Gasteiger partial charge in [0.05, 0.1) is 12.5 Å². The number of nitrogens with one attached hydrogen (secondary N) is 1. The van der Waals surface area contributed by atoms with Crippen LogP contribution in [0.25, 0.3) is 0 Å². The molecule has 5 unspecified atom stereocenters. The second kappa shape index (κ2) is 5.36. The molecule has 2 fully saturated rings. The monoisotopic (exact) mass is 241 g/mol. The van der Waals surface area contributed by atoms with Crippen molar-refractivity contribution < 1.29 is 14.6 Å². The summed E-state index contributed by atoms with van der Waals surface area (Å²) in [5.41, 5.74) is 0. The molecule has 2 rings (SSSR count). The first-order valence-electron chi connectivity index (χ1n) is 6.57. The van der Waals surface area contributed by atoms with Crippen LogP contribution in [-0.2, 0) is 9.53 Å². The van der Waals surface area contributed by atoms with E-state index < -0.39 is 0 Å². The maximum atomic E-state index is 12.0. The first-order chi connectivity index (χ1) is 8.17. The van der Waals surface area contributed by atoms with E-state index in [2.05, 4.69) is 5.32 Å². The number of carbonyl (C=O) groups is 1. The summed E-state index contributed by atoms with van der Waals surface area (Å²) < 4.78 is 4.99. The summed E-state index contributed by atoms with van der Waals surface area (Å²) in [4.78, 5) is 12.0. The Morgan fingerprint density at radius 2 is 2.18 bits per heavy atom. The van der Waals surface area contributed by atoms with Gasteiger partial charge < -0.3 is 15.2 Å². The van der Waals surface area contributed by atoms with Crippen molar-refractivity contribution in [2.75, 3.05) is 20.3 Å². The standard InChI is InChI=1S/C13H23NO3/c1-8(7-17-2)13(16)14-12-10-4-3-9(5-10)11(12)6-15/h8-12,15H,3-7H2,1-2H3,(H,14,16). The number of amides is 1. The minimum Gasteiger partial charge on any atom is -0.396 e.